The third-order valence-electron chi connectivity index (χ3n) is 3.03. The smallest absolute Gasteiger partial charge is 0.189 e. The van der Waals surface area contributed by atoms with E-state index in [2.05, 4.69) is 20.2 Å². The second-order valence-electron chi connectivity index (χ2n) is 5.09. The number of hydrogen-bond acceptors (Lipinski definition) is 4. The molecule has 118 valence electrons. The Morgan fingerprint density at radius 3 is 2.86 bits per heavy atom. The Labute approximate surface area is 143 Å². The predicted molar refractivity (Wildman–Crippen MR) is 96.3 cm³/mol. The zero-order chi connectivity index (χ0) is 14.4. The normalized spacial score (nSPS) is 15.8. The van der Waals surface area contributed by atoms with E-state index in [0.29, 0.717) is 12.5 Å². The number of morpholine rings is 1. The van der Waals surface area contributed by atoms with Gasteiger partial charge in [0.15, 0.2) is 5.96 Å². The first kappa shape index (κ1) is 18.0. The van der Waals surface area contributed by atoms with E-state index in [1.807, 2.05) is 32.2 Å². The fourth-order valence-corrected chi connectivity index (χ4v) is 2.13. The van der Waals surface area contributed by atoms with Gasteiger partial charge in [-0.25, -0.2) is 9.98 Å². The van der Waals surface area contributed by atoms with E-state index >= 15 is 0 Å². The number of nitrogens with two attached hydrogens (primary N) is 1. The van der Waals surface area contributed by atoms with Crippen LogP contribution in [-0.4, -0.2) is 43.3 Å². The first-order chi connectivity index (χ1) is 9.66. The molecule has 2 rings (SSSR count). The fourth-order valence-electron chi connectivity index (χ4n) is 2.13. The van der Waals surface area contributed by atoms with Crippen molar-refractivity contribution in [3.63, 3.8) is 0 Å². The van der Waals surface area contributed by atoms with Crippen molar-refractivity contribution in [3.8, 4) is 0 Å². The van der Waals surface area contributed by atoms with Gasteiger partial charge >= 0.3 is 0 Å². The standard InChI is InChI=1S/C14H23N5O.HI/c1-11(2)18-14(15)17-10-12-4-3-5-16-13(12)19-6-8-20-9-7-19;/h3-5,11H,6-10H2,1-2H3,(H3,15,17,18);1H. The number of nitrogens with one attached hydrogen (secondary N) is 1. The van der Waals surface area contributed by atoms with Gasteiger partial charge in [0.05, 0.1) is 19.8 Å². The molecule has 0 spiro atoms. The molecule has 0 saturated carbocycles. The number of aromatic nitrogens is 1. The minimum absolute atomic E-state index is 0. The molecule has 0 radical (unpaired) electrons. The molecule has 0 atom stereocenters. The van der Waals surface area contributed by atoms with Crippen molar-refractivity contribution >= 4 is 35.8 Å². The van der Waals surface area contributed by atoms with E-state index < -0.39 is 0 Å². The van der Waals surface area contributed by atoms with E-state index in [4.69, 9.17) is 10.5 Å². The van der Waals surface area contributed by atoms with Crippen LogP contribution in [0.25, 0.3) is 0 Å². The molecular weight excluding hydrogens is 381 g/mol. The third kappa shape index (κ3) is 5.66. The monoisotopic (exact) mass is 405 g/mol. The van der Waals surface area contributed by atoms with Crippen LogP contribution in [0, 0.1) is 0 Å². The number of anilines is 1. The van der Waals surface area contributed by atoms with E-state index in [1.54, 1.807) is 0 Å². The predicted octanol–water partition coefficient (Wildman–Crippen LogP) is 1.35. The van der Waals surface area contributed by atoms with Crippen molar-refractivity contribution in [1.29, 1.82) is 0 Å². The lowest BCUT2D eigenvalue weighted by molar-refractivity contribution is 0.122. The average molecular weight is 405 g/mol. The molecule has 21 heavy (non-hydrogen) atoms. The van der Waals surface area contributed by atoms with E-state index in [1.165, 1.54) is 0 Å². The fraction of sp³-hybridized carbons (Fsp3) is 0.571. The number of aliphatic imine (C=N–C) groups is 1. The Kier molecular flexibility index (Phi) is 7.73. The molecule has 0 unspecified atom stereocenters. The molecule has 0 amide bonds. The Balaban J connectivity index is 0.00000220. The highest BCUT2D eigenvalue weighted by molar-refractivity contribution is 14.0. The van der Waals surface area contributed by atoms with Gasteiger partial charge in [-0.2, -0.15) is 0 Å². The molecule has 7 heteroatoms. The van der Waals surface area contributed by atoms with Crippen LogP contribution >= 0.6 is 24.0 Å². The van der Waals surface area contributed by atoms with Crippen LogP contribution < -0.4 is 16.0 Å². The van der Waals surface area contributed by atoms with Gasteiger partial charge in [-0.05, 0) is 19.9 Å². The molecule has 1 fully saturated rings. The molecule has 0 bridgehead atoms. The third-order valence-corrected chi connectivity index (χ3v) is 3.03. The highest BCUT2D eigenvalue weighted by atomic mass is 127. The minimum Gasteiger partial charge on any atom is -0.378 e. The SMILES string of the molecule is CC(C)NC(N)=NCc1cccnc1N1CCOCC1.I. The van der Waals surface area contributed by atoms with Crippen LogP contribution in [0.1, 0.15) is 19.4 Å². The molecule has 1 aromatic rings. The van der Waals surface area contributed by atoms with Gasteiger partial charge in [0.2, 0.25) is 0 Å². The summed E-state index contributed by atoms with van der Waals surface area (Å²) in [6.45, 7) is 7.83. The number of hydrogen-bond donors (Lipinski definition) is 2. The maximum atomic E-state index is 5.84. The van der Waals surface area contributed by atoms with Crippen molar-refractivity contribution in [2.45, 2.75) is 26.4 Å². The first-order valence-electron chi connectivity index (χ1n) is 7.00. The van der Waals surface area contributed by atoms with Crippen molar-refractivity contribution in [3.05, 3.63) is 23.9 Å². The zero-order valence-corrected chi connectivity index (χ0v) is 14.9. The molecule has 1 aromatic heterocycles. The van der Waals surface area contributed by atoms with Gasteiger partial charge in [-0.3, -0.25) is 0 Å². The molecule has 1 aliphatic heterocycles. The largest absolute Gasteiger partial charge is 0.378 e. The summed E-state index contributed by atoms with van der Waals surface area (Å²) in [5.74, 6) is 1.45. The highest BCUT2D eigenvalue weighted by Gasteiger charge is 2.15. The topological polar surface area (TPSA) is 75.8 Å². The molecule has 2 heterocycles. The Morgan fingerprint density at radius 1 is 1.48 bits per heavy atom. The van der Waals surface area contributed by atoms with Crippen LogP contribution in [-0.2, 0) is 11.3 Å². The molecule has 1 aliphatic rings. The number of halogens is 1. The summed E-state index contributed by atoms with van der Waals surface area (Å²) < 4.78 is 5.38. The highest BCUT2D eigenvalue weighted by Crippen LogP contribution is 2.19. The van der Waals surface area contributed by atoms with E-state index in [0.717, 1.165) is 37.7 Å². The van der Waals surface area contributed by atoms with E-state index in [9.17, 15) is 0 Å². The van der Waals surface area contributed by atoms with Crippen LogP contribution in [0.15, 0.2) is 23.3 Å². The number of pyridine rings is 1. The number of ether oxygens (including phenoxy) is 1. The molecular formula is C14H24IN5O. The quantitative estimate of drug-likeness (QED) is 0.450. The van der Waals surface area contributed by atoms with Gasteiger partial charge in [0.25, 0.3) is 0 Å². The Hall–Kier alpha value is -1.09. The maximum absolute atomic E-state index is 5.84. The van der Waals surface area contributed by atoms with Gasteiger partial charge < -0.3 is 20.7 Å². The summed E-state index contributed by atoms with van der Waals surface area (Å²) in [6, 6.07) is 4.26. The first-order valence-corrected chi connectivity index (χ1v) is 7.00. The van der Waals surface area contributed by atoms with Crippen molar-refractivity contribution in [2.24, 2.45) is 10.7 Å². The van der Waals surface area contributed by atoms with Crippen molar-refractivity contribution in [1.82, 2.24) is 10.3 Å². The lowest BCUT2D eigenvalue weighted by atomic mass is 10.2. The molecule has 1 saturated heterocycles. The van der Waals surface area contributed by atoms with Gasteiger partial charge in [0, 0.05) is 30.9 Å². The summed E-state index contributed by atoms with van der Waals surface area (Å²) in [5.41, 5.74) is 6.92. The molecule has 0 aliphatic carbocycles. The molecule has 0 aromatic carbocycles. The van der Waals surface area contributed by atoms with Crippen LogP contribution in [0.2, 0.25) is 0 Å². The Bertz CT molecular complexity index is 460. The van der Waals surface area contributed by atoms with Crippen molar-refractivity contribution in [2.75, 3.05) is 31.2 Å². The lowest BCUT2D eigenvalue weighted by Crippen LogP contribution is -2.38. The second kappa shape index (κ2) is 9.04. The summed E-state index contributed by atoms with van der Waals surface area (Å²) in [6.07, 6.45) is 1.81. The number of guanidine groups is 1. The van der Waals surface area contributed by atoms with Crippen molar-refractivity contribution < 1.29 is 4.74 Å². The van der Waals surface area contributed by atoms with Gasteiger partial charge in [0.1, 0.15) is 5.82 Å². The minimum atomic E-state index is 0. The summed E-state index contributed by atoms with van der Waals surface area (Å²) >= 11 is 0. The molecule has 6 nitrogen and oxygen atoms in total. The van der Waals surface area contributed by atoms with Crippen LogP contribution in [0.3, 0.4) is 0 Å². The molecule has 3 N–H and O–H groups in total. The lowest BCUT2D eigenvalue weighted by Gasteiger charge is -2.29. The average Bonchev–Trinajstić information content (AvgIpc) is 2.46. The van der Waals surface area contributed by atoms with Gasteiger partial charge in [-0.15, -0.1) is 24.0 Å². The van der Waals surface area contributed by atoms with Gasteiger partial charge in [-0.1, -0.05) is 6.07 Å². The second-order valence-corrected chi connectivity index (χ2v) is 5.09. The summed E-state index contributed by atoms with van der Waals surface area (Å²) in [4.78, 5) is 11.1. The summed E-state index contributed by atoms with van der Waals surface area (Å²) in [5, 5.41) is 3.09. The van der Waals surface area contributed by atoms with E-state index in [-0.39, 0.29) is 30.0 Å². The Morgan fingerprint density at radius 2 is 2.19 bits per heavy atom. The number of rotatable bonds is 4. The summed E-state index contributed by atoms with van der Waals surface area (Å²) in [7, 11) is 0. The van der Waals surface area contributed by atoms with Crippen LogP contribution in [0.5, 0.6) is 0 Å². The number of nitrogens with zero attached hydrogens (tertiary/aromatic N) is 3. The van der Waals surface area contributed by atoms with Crippen LogP contribution in [0.4, 0.5) is 5.82 Å². The maximum Gasteiger partial charge on any atom is 0.189 e. The zero-order valence-electron chi connectivity index (χ0n) is 12.6.